The number of amides is 1. The van der Waals surface area contributed by atoms with Gasteiger partial charge >= 0.3 is 0 Å². The Balaban J connectivity index is 1.73. The van der Waals surface area contributed by atoms with E-state index >= 15 is 0 Å². The van der Waals surface area contributed by atoms with Gasteiger partial charge in [-0.1, -0.05) is 35.5 Å². The highest BCUT2D eigenvalue weighted by Gasteiger charge is 2.61. The van der Waals surface area contributed by atoms with Crippen LogP contribution < -0.4 is 0 Å². The van der Waals surface area contributed by atoms with Crippen molar-refractivity contribution in [1.29, 1.82) is 0 Å². The zero-order chi connectivity index (χ0) is 12.3. The molecule has 1 saturated heterocycles. The third kappa shape index (κ3) is 1.10. The summed E-state index contributed by atoms with van der Waals surface area (Å²) in [6.07, 6.45) is 0.976. The van der Waals surface area contributed by atoms with Crippen molar-refractivity contribution in [2.24, 2.45) is 17.0 Å². The first-order chi connectivity index (χ1) is 8.77. The van der Waals surface area contributed by atoms with E-state index in [1.54, 1.807) is 0 Å². The lowest BCUT2D eigenvalue weighted by molar-refractivity contribution is -0.138. The van der Waals surface area contributed by atoms with Crippen molar-refractivity contribution >= 4 is 11.6 Å². The molecule has 0 aromatic heterocycles. The Morgan fingerprint density at radius 2 is 2.11 bits per heavy atom. The van der Waals surface area contributed by atoms with E-state index in [0.717, 1.165) is 17.7 Å². The van der Waals surface area contributed by atoms with Gasteiger partial charge in [-0.05, 0) is 12.0 Å². The number of hydrogen-bond acceptors (Lipinski definition) is 3. The molecule has 0 N–H and O–H groups in total. The monoisotopic (exact) mass is 242 g/mol. The quantitative estimate of drug-likeness (QED) is 0.744. The summed E-state index contributed by atoms with van der Waals surface area (Å²) in [5.74, 6) is 0.461. The Kier molecular flexibility index (Phi) is 1.88. The van der Waals surface area contributed by atoms with Crippen molar-refractivity contribution in [1.82, 2.24) is 4.90 Å². The number of piperidine rings is 1. The van der Waals surface area contributed by atoms with Gasteiger partial charge in [-0.15, -0.1) is 0 Å². The second-order valence-corrected chi connectivity index (χ2v) is 5.30. The molecule has 3 aliphatic rings. The van der Waals surface area contributed by atoms with E-state index in [0.29, 0.717) is 0 Å². The molecule has 1 amide bonds. The predicted octanol–water partition coefficient (Wildman–Crippen LogP) is 1.27. The maximum Gasteiger partial charge on any atom is 0.226 e. The van der Waals surface area contributed by atoms with Gasteiger partial charge in [0.15, 0.2) is 6.10 Å². The summed E-state index contributed by atoms with van der Waals surface area (Å²) in [4.78, 5) is 19.5. The highest BCUT2D eigenvalue weighted by molar-refractivity contribution is 6.06. The molecule has 1 aromatic rings. The van der Waals surface area contributed by atoms with Crippen molar-refractivity contribution in [3.05, 3.63) is 35.9 Å². The molecule has 2 fully saturated rings. The first kappa shape index (κ1) is 10.1. The second-order valence-electron chi connectivity index (χ2n) is 5.30. The van der Waals surface area contributed by atoms with Crippen molar-refractivity contribution in [2.45, 2.75) is 18.6 Å². The largest absolute Gasteiger partial charge is 0.389 e. The Morgan fingerprint density at radius 1 is 1.33 bits per heavy atom. The highest BCUT2D eigenvalue weighted by atomic mass is 16.6. The summed E-state index contributed by atoms with van der Waals surface area (Å²) in [6, 6.07) is 10.2. The fraction of sp³-hybridized carbons (Fsp3) is 0.429. The Hall–Kier alpha value is -1.84. The molecule has 4 atom stereocenters. The molecular formula is C14H14N2O2. The van der Waals surface area contributed by atoms with Gasteiger partial charge in [-0.3, -0.25) is 4.79 Å². The molecule has 1 aliphatic carbocycles. The van der Waals surface area contributed by atoms with Crippen LogP contribution in [0, 0.1) is 11.8 Å². The normalized spacial score (nSPS) is 36.6. The van der Waals surface area contributed by atoms with E-state index in [9.17, 15) is 4.79 Å². The molecule has 0 radical (unpaired) electrons. The summed E-state index contributed by atoms with van der Waals surface area (Å²) in [7, 11) is 1.87. The zero-order valence-electron chi connectivity index (χ0n) is 10.1. The Labute approximate surface area is 105 Å². The third-order valence-corrected chi connectivity index (χ3v) is 4.48. The minimum Gasteiger partial charge on any atom is -0.389 e. The first-order valence-corrected chi connectivity index (χ1v) is 6.33. The van der Waals surface area contributed by atoms with Gasteiger partial charge in [-0.2, -0.15) is 0 Å². The molecule has 2 bridgehead atoms. The average Bonchev–Trinajstić information content (AvgIpc) is 3.04. The number of rotatable bonds is 1. The molecule has 4 heteroatoms. The van der Waals surface area contributed by atoms with Gasteiger partial charge in [-0.25, -0.2) is 0 Å². The summed E-state index contributed by atoms with van der Waals surface area (Å²) < 4.78 is 0. The van der Waals surface area contributed by atoms with Crippen LogP contribution in [0.15, 0.2) is 35.5 Å². The van der Waals surface area contributed by atoms with Crippen LogP contribution >= 0.6 is 0 Å². The molecule has 1 aromatic carbocycles. The molecule has 2 heterocycles. The van der Waals surface area contributed by atoms with Crippen molar-refractivity contribution in [2.75, 3.05) is 7.05 Å². The van der Waals surface area contributed by atoms with E-state index in [-0.39, 0.29) is 29.9 Å². The van der Waals surface area contributed by atoms with Gasteiger partial charge in [0.2, 0.25) is 5.91 Å². The minimum absolute atomic E-state index is 0.0615. The number of hydrogen-bond donors (Lipinski definition) is 0. The lowest BCUT2D eigenvalue weighted by Crippen LogP contribution is -2.47. The standard InChI is InChI=1S/C14H14N2O2/c1-16-10-7-9(14(16)17)11-12(15-18-13(10)11)8-5-3-2-4-6-8/h2-6,9-11,13H,7H2,1H3/t9-,10+,11-,13-/m1/s1. The lowest BCUT2D eigenvalue weighted by atomic mass is 9.85. The van der Waals surface area contributed by atoms with Gasteiger partial charge in [0.05, 0.1) is 23.6 Å². The average molecular weight is 242 g/mol. The number of nitrogens with zero attached hydrogens (tertiary/aromatic N) is 2. The van der Waals surface area contributed by atoms with Crippen molar-refractivity contribution in [3.8, 4) is 0 Å². The molecule has 0 spiro atoms. The molecule has 0 unspecified atom stereocenters. The van der Waals surface area contributed by atoms with Crippen molar-refractivity contribution in [3.63, 3.8) is 0 Å². The zero-order valence-corrected chi connectivity index (χ0v) is 10.1. The number of likely N-dealkylation sites (tertiary alicyclic amines) is 1. The number of fused-ring (bicyclic) bond motifs is 5. The van der Waals surface area contributed by atoms with E-state index in [2.05, 4.69) is 5.16 Å². The second kappa shape index (κ2) is 3.34. The summed E-state index contributed by atoms with van der Waals surface area (Å²) in [5.41, 5.74) is 2.03. The maximum absolute atomic E-state index is 12.1. The van der Waals surface area contributed by atoms with E-state index in [4.69, 9.17) is 4.84 Å². The predicted molar refractivity (Wildman–Crippen MR) is 66.0 cm³/mol. The fourth-order valence-corrected chi connectivity index (χ4v) is 3.58. The van der Waals surface area contributed by atoms with E-state index < -0.39 is 0 Å². The van der Waals surface area contributed by atoms with Gasteiger partial charge in [0.25, 0.3) is 0 Å². The van der Waals surface area contributed by atoms with Gasteiger partial charge in [0.1, 0.15) is 0 Å². The fourth-order valence-electron chi connectivity index (χ4n) is 3.58. The maximum atomic E-state index is 12.1. The molecule has 4 nitrogen and oxygen atoms in total. The number of carbonyl (C=O) groups is 1. The Morgan fingerprint density at radius 3 is 2.89 bits per heavy atom. The lowest BCUT2D eigenvalue weighted by Gasteiger charge is -2.30. The molecule has 2 aliphatic heterocycles. The van der Waals surface area contributed by atoms with Crippen LogP contribution in [-0.4, -0.2) is 35.7 Å². The van der Waals surface area contributed by atoms with E-state index in [1.807, 2.05) is 42.3 Å². The van der Waals surface area contributed by atoms with Crippen LogP contribution in [0.3, 0.4) is 0 Å². The smallest absolute Gasteiger partial charge is 0.226 e. The van der Waals surface area contributed by atoms with Crippen LogP contribution in [0.5, 0.6) is 0 Å². The van der Waals surface area contributed by atoms with Crippen LogP contribution in [0.2, 0.25) is 0 Å². The van der Waals surface area contributed by atoms with Gasteiger partial charge < -0.3 is 9.74 Å². The Bertz CT molecular complexity index is 540. The van der Waals surface area contributed by atoms with Crippen LogP contribution in [0.25, 0.3) is 0 Å². The summed E-state index contributed by atoms with van der Waals surface area (Å²) >= 11 is 0. The molecular weight excluding hydrogens is 228 g/mol. The van der Waals surface area contributed by atoms with Crippen LogP contribution in [0.4, 0.5) is 0 Å². The molecule has 1 saturated carbocycles. The molecule has 18 heavy (non-hydrogen) atoms. The molecule has 92 valence electrons. The summed E-state index contributed by atoms with van der Waals surface area (Å²) in [6.45, 7) is 0. The highest BCUT2D eigenvalue weighted by Crippen LogP contribution is 2.48. The first-order valence-electron chi connectivity index (χ1n) is 6.33. The summed E-state index contributed by atoms with van der Waals surface area (Å²) in [5, 5.41) is 4.24. The van der Waals surface area contributed by atoms with Crippen LogP contribution in [-0.2, 0) is 9.63 Å². The van der Waals surface area contributed by atoms with Crippen LogP contribution in [0.1, 0.15) is 12.0 Å². The topological polar surface area (TPSA) is 41.9 Å². The molecule has 4 rings (SSSR count). The van der Waals surface area contributed by atoms with E-state index in [1.165, 1.54) is 0 Å². The number of benzene rings is 1. The number of likely N-dealkylation sites (N-methyl/N-ethyl adjacent to an activating group) is 1. The number of oxime groups is 1. The third-order valence-electron chi connectivity index (χ3n) is 4.48. The van der Waals surface area contributed by atoms with Crippen molar-refractivity contribution < 1.29 is 9.63 Å². The number of carbonyl (C=O) groups excluding carboxylic acids is 1. The van der Waals surface area contributed by atoms with Gasteiger partial charge in [0, 0.05) is 7.05 Å². The minimum atomic E-state index is 0.0615. The SMILES string of the molecule is CN1C(=O)[C@@H]2C[C@H]1[C@H]1ON=C(c3ccccc3)[C@H]12.